The highest BCUT2D eigenvalue weighted by molar-refractivity contribution is 7.99. The zero-order valence-electron chi connectivity index (χ0n) is 11.6. The van der Waals surface area contributed by atoms with E-state index in [1.807, 2.05) is 18.7 Å². The van der Waals surface area contributed by atoms with Crippen molar-refractivity contribution in [3.63, 3.8) is 0 Å². The smallest absolute Gasteiger partial charge is 0.246 e. The van der Waals surface area contributed by atoms with E-state index in [1.54, 1.807) is 16.7 Å². The van der Waals surface area contributed by atoms with Gasteiger partial charge in [-0.1, -0.05) is 13.3 Å². The van der Waals surface area contributed by atoms with Crippen molar-refractivity contribution in [1.29, 1.82) is 0 Å². The van der Waals surface area contributed by atoms with Gasteiger partial charge in [0.05, 0.1) is 5.88 Å². The molecule has 104 valence electrons. The highest BCUT2D eigenvalue weighted by Crippen LogP contribution is 2.23. The number of hydrogen-bond donors (Lipinski definition) is 0. The van der Waals surface area contributed by atoms with Crippen molar-refractivity contribution >= 4 is 23.6 Å². The molecule has 5 heteroatoms. The zero-order chi connectivity index (χ0) is 13.5. The van der Waals surface area contributed by atoms with Crippen LogP contribution in [-0.2, 0) is 9.59 Å². The van der Waals surface area contributed by atoms with Gasteiger partial charge >= 0.3 is 0 Å². The number of nitrogens with zero attached hydrogens (tertiary/aromatic N) is 2. The van der Waals surface area contributed by atoms with E-state index in [-0.39, 0.29) is 17.9 Å². The summed E-state index contributed by atoms with van der Waals surface area (Å²) in [6.45, 7) is 7.46. The molecule has 0 aromatic carbocycles. The van der Waals surface area contributed by atoms with Crippen molar-refractivity contribution < 1.29 is 9.59 Å². The third-order valence-electron chi connectivity index (χ3n) is 3.31. The highest BCUT2D eigenvalue weighted by atomic mass is 32.2. The van der Waals surface area contributed by atoms with Crippen molar-refractivity contribution in [2.45, 2.75) is 46.1 Å². The van der Waals surface area contributed by atoms with Gasteiger partial charge in [-0.05, 0) is 20.3 Å². The minimum atomic E-state index is -0.237. The van der Waals surface area contributed by atoms with Crippen molar-refractivity contribution in [2.75, 3.05) is 24.7 Å². The lowest BCUT2D eigenvalue weighted by Gasteiger charge is -2.28. The Hall–Kier alpha value is -0.710. The molecule has 2 amide bonds. The molecule has 1 aliphatic rings. The number of hydrogen-bond acceptors (Lipinski definition) is 3. The first-order chi connectivity index (χ1) is 8.65. The maximum atomic E-state index is 12.3. The van der Waals surface area contributed by atoms with Crippen LogP contribution in [0, 0.1) is 0 Å². The summed E-state index contributed by atoms with van der Waals surface area (Å²) in [6, 6.07) is -0.237. The van der Waals surface area contributed by atoms with Crippen LogP contribution >= 0.6 is 11.8 Å². The first-order valence-electron chi connectivity index (χ1n) is 6.81. The van der Waals surface area contributed by atoms with Crippen LogP contribution in [0.15, 0.2) is 0 Å². The van der Waals surface area contributed by atoms with E-state index in [4.69, 9.17) is 0 Å². The molecule has 4 nitrogen and oxygen atoms in total. The number of carbonyl (C=O) groups is 2. The van der Waals surface area contributed by atoms with Gasteiger partial charge in [-0.3, -0.25) is 9.59 Å². The van der Waals surface area contributed by atoms with Gasteiger partial charge in [0.2, 0.25) is 11.8 Å². The fraction of sp³-hybridized carbons (Fsp3) is 0.846. The van der Waals surface area contributed by atoms with Crippen LogP contribution in [0.3, 0.4) is 0 Å². The van der Waals surface area contributed by atoms with E-state index >= 15 is 0 Å². The Bertz CT molecular complexity index is 293. The van der Waals surface area contributed by atoms with Gasteiger partial charge in [-0.2, -0.15) is 0 Å². The van der Waals surface area contributed by atoms with Crippen molar-refractivity contribution in [3.05, 3.63) is 0 Å². The van der Waals surface area contributed by atoms with Gasteiger partial charge in [-0.15, -0.1) is 11.8 Å². The Morgan fingerprint density at radius 3 is 2.50 bits per heavy atom. The van der Waals surface area contributed by atoms with E-state index in [2.05, 4.69) is 6.92 Å². The average molecular weight is 272 g/mol. The lowest BCUT2D eigenvalue weighted by atomic mass is 10.2. The summed E-state index contributed by atoms with van der Waals surface area (Å²) in [7, 11) is 0. The molecule has 0 spiro atoms. The van der Waals surface area contributed by atoms with Gasteiger partial charge in [0.25, 0.3) is 0 Å². The molecule has 0 saturated carbocycles. The number of carbonyl (C=O) groups excluding carboxylic acids is 2. The van der Waals surface area contributed by atoms with Crippen molar-refractivity contribution in [2.24, 2.45) is 0 Å². The molecule has 0 aliphatic carbocycles. The standard InChI is InChI=1S/C13H24N2O2S/c1-4-7-8-12(16)15-10-18-9-11(15)13(17)14(5-2)6-3/h11H,4-10H2,1-3H3. The molecule has 18 heavy (non-hydrogen) atoms. The number of likely N-dealkylation sites (N-methyl/N-ethyl adjacent to an activating group) is 1. The molecule has 0 bridgehead atoms. The van der Waals surface area contributed by atoms with Crippen LogP contribution in [0.1, 0.15) is 40.0 Å². The normalized spacial score (nSPS) is 19.1. The van der Waals surface area contributed by atoms with Crippen LogP contribution in [0.4, 0.5) is 0 Å². The second-order valence-corrected chi connectivity index (χ2v) is 5.49. The number of rotatable bonds is 6. The highest BCUT2D eigenvalue weighted by Gasteiger charge is 2.35. The molecule has 1 aliphatic heterocycles. The second kappa shape index (κ2) is 7.67. The quantitative estimate of drug-likeness (QED) is 0.742. The predicted molar refractivity (Wildman–Crippen MR) is 75.4 cm³/mol. The topological polar surface area (TPSA) is 40.6 Å². The summed E-state index contributed by atoms with van der Waals surface area (Å²) >= 11 is 1.68. The molecule has 1 rings (SSSR count). The van der Waals surface area contributed by atoms with Gasteiger partial charge in [0, 0.05) is 25.3 Å². The lowest BCUT2D eigenvalue weighted by Crippen LogP contribution is -2.48. The summed E-state index contributed by atoms with van der Waals surface area (Å²) in [6.07, 6.45) is 2.49. The van der Waals surface area contributed by atoms with Crippen LogP contribution in [0.2, 0.25) is 0 Å². The maximum absolute atomic E-state index is 12.3. The largest absolute Gasteiger partial charge is 0.341 e. The molecule has 1 fully saturated rings. The summed E-state index contributed by atoms with van der Waals surface area (Å²) in [5, 5.41) is 0. The van der Waals surface area contributed by atoms with E-state index in [9.17, 15) is 9.59 Å². The molecule has 1 saturated heterocycles. The SMILES string of the molecule is CCCCC(=O)N1CSCC1C(=O)N(CC)CC. The molecular weight excluding hydrogens is 248 g/mol. The number of amides is 2. The lowest BCUT2D eigenvalue weighted by molar-refractivity contribution is -0.143. The Labute approximate surface area is 114 Å². The van der Waals surface area contributed by atoms with Crippen LogP contribution in [0.25, 0.3) is 0 Å². The van der Waals surface area contributed by atoms with E-state index < -0.39 is 0 Å². The van der Waals surface area contributed by atoms with Gasteiger partial charge in [0.1, 0.15) is 6.04 Å². The minimum absolute atomic E-state index is 0.106. The molecule has 0 aromatic heterocycles. The third kappa shape index (κ3) is 3.64. The Balaban J connectivity index is 2.63. The second-order valence-electron chi connectivity index (χ2n) is 4.49. The molecule has 1 atom stereocenters. The van der Waals surface area contributed by atoms with Crippen LogP contribution in [0.5, 0.6) is 0 Å². The fourth-order valence-corrected chi connectivity index (χ4v) is 3.28. The third-order valence-corrected chi connectivity index (χ3v) is 4.32. The summed E-state index contributed by atoms with van der Waals surface area (Å²) in [4.78, 5) is 28.0. The maximum Gasteiger partial charge on any atom is 0.246 e. The van der Waals surface area contributed by atoms with E-state index in [1.165, 1.54) is 0 Å². The average Bonchev–Trinajstić information content (AvgIpc) is 2.86. The van der Waals surface area contributed by atoms with Gasteiger partial charge in [-0.25, -0.2) is 0 Å². The molecular formula is C13H24N2O2S. The Morgan fingerprint density at radius 1 is 1.28 bits per heavy atom. The van der Waals surface area contributed by atoms with Gasteiger partial charge < -0.3 is 9.80 Å². The molecule has 1 unspecified atom stereocenters. The van der Waals surface area contributed by atoms with Crippen molar-refractivity contribution in [3.8, 4) is 0 Å². The minimum Gasteiger partial charge on any atom is -0.341 e. The fourth-order valence-electron chi connectivity index (χ4n) is 2.11. The molecule has 0 aromatic rings. The first kappa shape index (κ1) is 15.3. The molecule has 0 N–H and O–H groups in total. The Morgan fingerprint density at radius 2 is 1.94 bits per heavy atom. The number of unbranched alkanes of at least 4 members (excludes halogenated alkanes) is 1. The van der Waals surface area contributed by atoms with Crippen molar-refractivity contribution in [1.82, 2.24) is 9.80 Å². The summed E-state index contributed by atoms with van der Waals surface area (Å²) < 4.78 is 0. The summed E-state index contributed by atoms with van der Waals surface area (Å²) in [5.74, 6) is 1.65. The molecule has 0 radical (unpaired) electrons. The monoisotopic (exact) mass is 272 g/mol. The van der Waals surface area contributed by atoms with Crippen LogP contribution < -0.4 is 0 Å². The van der Waals surface area contributed by atoms with E-state index in [0.29, 0.717) is 25.4 Å². The molecule has 1 heterocycles. The first-order valence-corrected chi connectivity index (χ1v) is 7.97. The Kier molecular flexibility index (Phi) is 6.54. The zero-order valence-corrected chi connectivity index (χ0v) is 12.5. The van der Waals surface area contributed by atoms with E-state index in [0.717, 1.165) is 18.6 Å². The number of thioether (sulfide) groups is 1. The van der Waals surface area contributed by atoms with Gasteiger partial charge in [0.15, 0.2) is 0 Å². The predicted octanol–water partition coefficient (Wildman–Crippen LogP) is 1.95. The summed E-state index contributed by atoms with van der Waals surface area (Å²) in [5.41, 5.74) is 0. The van der Waals surface area contributed by atoms with Crippen LogP contribution in [-0.4, -0.2) is 52.4 Å².